The van der Waals surface area contributed by atoms with Crippen molar-refractivity contribution in [1.82, 2.24) is 9.88 Å². The van der Waals surface area contributed by atoms with Gasteiger partial charge in [0.25, 0.3) is 0 Å². The molecule has 0 spiro atoms. The molecule has 2 aromatic rings. The first-order chi connectivity index (χ1) is 10.2. The van der Waals surface area contributed by atoms with E-state index in [4.69, 9.17) is 0 Å². The molecule has 2 rings (SSSR count). The second kappa shape index (κ2) is 7.99. The first kappa shape index (κ1) is 15.8. The van der Waals surface area contributed by atoms with Gasteiger partial charge in [0.15, 0.2) is 0 Å². The second-order valence-electron chi connectivity index (χ2n) is 5.50. The Bertz CT molecular complexity index is 548. The van der Waals surface area contributed by atoms with E-state index in [2.05, 4.69) is 36.0 Å². The number of hydrogen-bond donors (Lipinski definition) is 1. The average molecular weight is 288 g/mol. The van der Waals surface area contributed by atoms with Gasteiger partial charge in [-0.2, -0.15) is 0 Å². The first-order valence-corrected chi connectivity index (χ1v) is 7.87. The molecule has 1 unspecified atom stereocenters. The highest BCUT2D eigenvalue weighted by Crippen LogP contribution is 2.20. The van der Waals surface area contributed by atoms with Gasteiger partial charge in [0, 0.05) is 30.5 Å². The van der Waals surface area contributed by atoms with Crippen LogP contribution >= 0.6 is 0 Å². The van der Waals surface area contributed by atoms with E-state index in [0.717, 1.165) is 31.4 Å². The molecule has 114 valence electrons. The van der Waals surface area contributed by atoms with Crippen LogP contribution in [0.1, 0.15) is 50.3 Å². The van der Waals surface area contributed by atoms with E-state index >= 15 is 0 Å². The van der Waals surface area contributed by atoms with Crippen molar-refractivity contribution in [3.05, 3.63) is 59.7 Å². The second-order valence-corrected chi connectivity index (χ2v) is 5.50. The zero-order chi connectivity index (χ0) is 15.1. The van der Waals surface area contributed by atoms with E-state index in [1.807, 2.05) is 18.3 Å². The maximum Gasteiger partial charge on any atom is 0.128 e. The quantitative estimate of drug-likeness (QED) is 0.756. The highest BCUT2D eigenvalue weighted by atomic mass is 19.1. The molecule has 21 heavy (non-hydrogen) atoms. The summed E-state index contributed by atoms with van der Waals surface area (Å²) in [4.78, 5) is 0. The van der Waals surface area contributed by atoms with Crippen LogP contribution in [0.3, 0.4) is 0 Å². The molecule has 0 fully saturated rings. The number of halogens is 1. The molecule has 0 saturated heterocycles. The fourth-order valence-electron chi connectivity index (χ4n) is 2.58. The predicted molar refractivity (Wildman–Crippen MR) is 85.9 cm³/mol. The maximum absolute atomic E-state index is 13.7. The zero-order valence-corrected chi connectivity index (χ0v) is 13.0. The van der Waals surface area contributed by atoms with Gasteiger partial charge in [-0.25, -0.2) is 4.39 Å². The average Bonchev–Trinajstić information content (AvgIpc) is 2.94. The van der Waals surface area contributed by atoms with Crippen LogP contribution in [0.15, 0.2) is 42.7 Å². The molecule has 0 aliphatic carbocycles. The van der Waals surface area contributed by atoms with E-state index in [0.29, 0.717) is 12.6 Å². The Kier molecular flexibility index (Phi) is 6.00. The Labute approximate surface area is 127 Å². The van der Waals surface area contributed by atoms with Crippen LogP contribution in [0, 0.1) is 5.82 Å². The Balaban J connectivity index is 2.07. The Hall–Kier alpha value is -1.61. The number of aromatic nitrogens is 1. The molecular formula is C18H25FN2. The molecule has 0 saturated carbocycles. The molecule has 1 heterocycles. The standard InChI is InChI=1S/C18H25FN2/c1-3-7-18(20-11-4-2)16-10-12-21(14-16)13-15-8-5-6-9-17(15)19/h5-6,8-10,12,14,18,20H,3-4,7,11,13H2,1-2H3. The van der Waals surface area contributed by atoms with Crippen molar-refractivity contribution in [3.63, 3.8) is 0 Å². The summed E-state index contributed by atoms with van der Waals surface area (Å²) >= 11 is 0. The highest BCUT2D eigenvalue weighted by Gasteiger charge is 2.11. The monoisotopic (exact) mass is 288 g/mol. The van der Waals surface area contributed by atoms with Gasteiger partial charge in [0.1, 0.15) is 5.82 Å². The molecule has 0 amide bonds. The molecule has 1 aromatic carbocycles. The number of nitrogens with one attached hydrogen (secondary N) is 1. The van der Waals surface area contributed by atoms with Gasteiger partial charge >= 0.3 is 0 Å². The van der Waals surface area contributed by atoms with Crippen LogP contribution in [0.25, 0.3) is 0 Å². The van der Waals surface area contributed by atoms with E-state index in [1.165, 1.54) is 11.6 Å². The van der Waals surface area contributed by atoms with Crippen molar-refractivity contribution in [1.29, 1.82) is 0 Å². The zero-order valence-electron chi connectivity index (χ0n) is 13.0. The van der Waals surface area contributed by atoms with Gasteiger partial charge < -0.3 is 9.88 Å². The lowest BCUT2D eigenvalue weighted by Gasteiger charge is -2.16. The topological polar surface area (TPSA) is 17.0 Å². The van der Waals surface area contributed by atoms with E-state index in [1.54, 1.807) is 6.07 Å². The number of hydrogen-bond acceptors (Lipinski definition) is 1. The third-order valence-electron chi connectivity index (χ3n) is 3.70. The molecule has 3 heteroatoms. The largest absolute Gasteiger partial charge is 0.349 e. The van der Waals surface area contributed by atoms with Crippen LogP contribution in [0.5, 0.6) is 0 Å². The van der Waals surface area contributed by atoms with Crippen LogP contribution in [-0.2, 0) is 6.54 Å². The highest BCUT2D eigenvalue weighted by molar-refractivity contribution is 5.20. The maximum atomic E-state index is 13.7. The SMILES string of the molecule is CCCNC(CCC)c1ccn(Cc2ccccc2F)c1. The summed E-state index contributed by atoms with van der Waals surface area (Å²) in [5, 5.41) is 3.59. The lowest BCUT2D eigenvalue weighted by Crippen LogP contribution is -2.21. The van der Waals surface area contributed by atoms with Gasteiger partial charge in [-0.15, -0.1) is 0 Å². The normalized spacial score (nSPS) is 12.5. The first-order valence-electron chi connectivity index (χ1n) is 7.87. The van der Waals surface area contributed by atoms with Crippen molar-refractivity contribution >= 4 is 0 Å². The van der Waals surface area contributed by atoms with Gasteiger partial charge in [-0.1, -0.05) is 38.5 Å². The molecule has 0 bridgehead atoms. The van der Waals surface area contributed by atoms with Crippen LogP contribution < -0.4 is 5.32 Å². The summed E-state index contributed by atoms with van der Waals surface area (Å²) in [6.45, 7) is 6.00. The summed E-state index contributed by atoms with van der Waals surface area (Å²) < 4.78 is 15.8. The van der Waals surface area contributed by atoms with E-state index in [9.17, 15) is 4.39 Å². The summed E-state index contributed by atoms with van der Waals surface area (Å²) in [5.74, 6) is -0.137. The van der Waals surface area contributed by atoms with Crippen LogP contribution in [0.2, 0.25) is 0 Å². The van der Waals surface area contributed by atoms with Gasteiger partial charge in [0.2, 0.25) is 0 Å². The molecule has 0 aliphatic rings. The minimum atomic E-state index is -0.137. The van der Waals surface area contributed by atoms with Gasteiger partial charge in [0.05, 0.1) is 0 Å². The smallest absolute Gasteiger partial charge is 0.128 e. The Morgan fingerprint density at radius 1 is 1.14 bits per heavy atom. The molecule has 0 aliphatic heterocycles. The van der Waals surface area contributed by atoms with Crippen LogP contribution in [0.4, 0.5) is 4.39 Å². The predicted octanol–water partition coefficient (Wildman–Crippen LogP) is 4.52. The van der Waals surface area contributed by atoms with Crippen molar-refractivity contribution in [2.24, 2.45) is 0 Å². The summed E-state index contributed by atoms with van der Waals surface area (Å²) in [6.07, 6.45) is 7.59. The van der Waals surface area contributed by atoms with Crippen molar-refractivity contribution in [2.45, 2.75) is 45.7 Å². The molecule has 1 N–H and O–H groups in total. The minimum absolute atomic E-state index is 0.137. The molecule has 1 atom stereocenters. The summed E-state index contributed by atoms with van der Waals surface area (Å²) in [6, 6.07) is 9.51. The third-order valence-corrected chi connectivity index (χ3v) is 3.70. The Morgan fingerprint density at radius 3 is 2.67 bits per heavy atom. The van der Waals surface area contributed by atoms with Gasteiger partial charge in [-0.05, 0) is 37.1 Å². The number of benzene rings is 1. The lowest BCUT2D eigenvalue weighted by atomic mass is 10.1. The lowest BCUT2D eigenvalue weighted by molar-refractivity contribution is 0.493. The fraction of sp³-hybridized carbons (Fsp3) is 0.444. The van der Waals surface area contributed by atoms with E-state index in [-0.39, 0.29) is 5.82 Å². The summed E-state index contributed by atoms with van der Waals surface area (Å²) in [5.41, 5.74) is 2.02. The molecule has 0 radical (unpaired) electrons. The third kappa shape index (κ3) is 4.43. The minimum Gasteiger partial charge on any atom is -0.349 e. The van der Waals surface area contributed by atoms with Crippen molar-refractivity contribution in [2.75, 3.05) is 6.54 Å². The fourth-order valence-corrected chi connectivity index (χ4v) is 2.58. The van der Waals surface area contributed by atoms with Crippen molar-refractivity contribution in [3.8, 4) is 0 Å². The van der Waals surface area contributed by atoms with Crippen molar-refractivity contribution < 1.29 is 4.39 Å². The van der Waals surface area contributed by atoms with Gasteiger partial charge in [-0.3, -0.25) is 0 Å². The summed E-state index contributed by atoms with van der Waals surface area (Å²) in [7, 11) is 0. The van der Waals surface area contributed by atoms with Crippen LogP contribution in [-0.4, -0.2) is 11.1 Å². The number of nitrogens with zero attached hydrogens (tertiary/aromatic N) is 1. The molecular weight excluding hydrogens is 263 g/mol. The van der Waals surface area contributed by atoms with E-state index < -0.39 is 0 Å². The molecule has 2 nitrogen and oxygen atoms in total. The Morgan fingerprint density at radius 2 is 1.95 bits per heavy atom. The number of rotatable bonds is 8. The molecule has 1 aromatic heterocycles.